The molecule has 1 rings (SSSR count). The van der Waals surface area contributed by atoms with Crippen molar-refractivity contribution in [3.63, 3.8) is 0 Å². The Morgan fingerprint density at radius 3 is 2.93 bits per heavy atom. The van der Waals surface area contributed by atoms with Gasteiger partial charge < -0.3 is 5.32 Å². The minimum absolute atomic E-state index is 0.762. The van der Waals surface area contributed by atoms with Crippen LogP contribution in [0.15, 0.2) is 12.7 Å². The molecule has 1 nitrogen and oxygen atoms in total. The summed E-state index contributed by atoms with van der Waals surface area (Å²) in [5.41, 5.74) is 0. The molecule has 3 atom stereocenters. The Bertz CT molecular complexity index is 181. The topological polar surface area (TPSA) is 12.0 Å². The van der Waals surface area contributed by atoms with Crippen LogP contribution in [0.2, 0.25) is 0 Å². The van der Waals surface area contributed by atoms with Crippen molar-refractivity contribution >= 4 is 11.8 Å². The van der Waals surface area contributed by atoms with Crippen LogP contribution in [0.5, 0.6) is 0 Å². The van der Waals surface area contributed by atoms with Gasteiger partial charge in [0.05, 0.1) is 0 Å². The summed E-state index contributed by atoms with van der Waals surface area (Å²) in [5.74, 6) is 4.08. The summed E-state index contributed by atoms with van der Waals surface area (Å²) >= 11 is 1.96. The smallest absolute Gasteiger partial charge is 0.0111 e. The van der Waals surface area contributed by atoms with Gasteiger partial charge in [0.15, 0.2) is 0 Å². The van der Waals surface area contributed by atoms with E-state index in [0.29, 0.717) is 0 Å². The molecule has 3 unspecified atom stereocenters. The SMILES string of the molecule is C=CCSCCNC1CC(C)CCC1C. The van der Waals surface area contributed by atoms with Crippen LogP contribution in [-0.4, -0.2) is 24.1 Å². The molecule has 15 heavy (non-hydrogen) atoms. The molecular weight excluding hydrogens is 202 g/mol. The standard InChI is InChI=1S/C13H25NS/c1-4-8-15-9-7-14-13-10-11(2)5-6-12(13)3/h4,11-14H,1,5-10H2,2-3H3. The zero-order valence-electron chi connectivity index (χ0n) is 10.2. The maximum atomic E-state index is 3.73. The Morgan fingerprint density at radius 1 is 1.40 bits per heavy atom. The third kappa shape index (κ3) is 5.07. The molecule has 1 fully saturated rings. The van der Waals surface area contributed by atoms with Gasteiger partial charge in [0.2, 0.25) is 0 Å². The molecule has 1 aliphatic rings. The summed E-state index contributed by atoms with van der Waals surface area (Å²) in [6.45, 7) is 9.65. The third-order valence-corrected chi connectivity index (χ3v) is 4.31. The molecule has 0 aromatic rings. The van der Waals surface area contributed by atoms with Crippen LogP contribution in [0.4, 0.5) is 0 Å². The van der Waals surface area contributed by atoms with Crippen molar-refractivity contribution in [1.82, 2.24) is 5.32 Å². The first kappa shape index (κ1) is 13.1. The second kappa shape index (κ2) is 7.34. The molecule has 1 aliphatic carbocycles. The van der Waals surface area contributed by atoms with Gasteiger partial charge in [0, 0.05) is 24.1 Å². The van der Waals surface area contributed by atoms with Crippen molar-refractivity contribution in [3.05, 3.63) is 12.7 Å². The summed E-state index contributed by atoms with van der Waals surface area (Å²) in [4.78, 5) is 0. The number of nitrogens with one attached hydrogen (secondary N) is 1. The molecule has 0 aliphatic heterocycles. The van der Waals surface area contributed by atoms with Gasteiger partial charge in [0.25, 0.3) is 0 Å². The Labute approximate surface area is 99.1 Å². The first-order valence-corrected chi connectivity index (χ1v) is 7.31. The lowest BCUT2D eigenvalue weighted by atomic mass is 9.80. The van der Waals surface area contributed by atoms with Crippen LogP contribution >= 0.6 is 11.8 Å². The molecule has 0 amide bonds. The van der Waals surface area contributed by atoms with Crippen LogP contribution in [0.1, 0.15) is 33.1 Å². The monoisotopic (exact) mass is 227 g/mol. The number of hydrogen-bond acceptors (Lipinski definition) is 2. The van der Waals surface area contributed by atoms with E-state index in [1.165, 1.54) is 25.0 Å². The van der Waals surface area contributed by atoms with Gasteiger partial charge in [-0.2, -0.15) is 11.8 Å². The largest absolute Gasteiger partial charge is 0.313 e. The van der Waals surface area contributed by atoms with Crippen molar-refractivity contribution in [3.8, 4) is 0 Å². The quantitative estimate of drug-likeness (QED) is 0.552. The summed E-state index contributed by atoms with van der Waals surface area (Å²) in [6.07, 6.45) is 6.17. The van der Waals surface area contributed by atoms with E-state index >= 15 is 0 Å². The van der Waals surface area contributed by atoms with E-state index in [0.717, 1.165) is 30.2 Å². The Kier molecular flexibility index (Phi) is 6.42. The maximum absolute atomic E-state index is 3.73. The van der Waals surface area contributed by atoms with Crippen LogP contribution < -0.4 is 5.32 Å². The van der Waals surface area contributed by atoms with Gasteiger partial charge in [0.1, 0.15) is 0 Å². The summed E-state index contributed by atoms with van der Waals surface area (Å²) in [5, 5.41) is 3.71. The van der Waals surface area contributed by atoms with Crippen molar-refractivity contribution < 1.29 is 0 Å². The van der Waals surface area contributed by atoms with E-state index in [1.807, 2.05) is 17.8 Å². The molecular formula is C13H25NS. The average Bonchev–Trinajstić information content (AvgIpc) is 2.23. The zero-order valence-corrected chi connectivity index (χ0v) is 11.0. The molecule has 2 heteroatoms. The molecule has 1 saturated carbocycles. The predicted molar refractivity (Wildman–Crippen MR) is 71.5 cm³/mol. The van der Waals surface area contributed by atoms with Gasteiger partial charge in [-0.3, -0.25) is 0 Å². The molecule has 0 radical (unpaired) electrons. The van der Waals surface area contributed by atoms with E-state index in [4.69, 9.17) is 0 Å². The van der Waals surface area contributed by atoms with Crippen LogP contribution in [0, 0.1) is 11.8 Å². The van der Waals surface area contributed by atoms with Crippen molar-refractivity contribution in [1.29, 1.82) is 0 Å². The zero-order chi connectivity index (χ0) is 11.1. The maximum Gasteiger partial charge on any atom is 0.0111 e. The minimum Gasteiger partial charge on any atom is -0.313 e. The number of rotatable bonds is 6. The average molecular weight is 227 g/mol. The van der Waals surface area contributed by atoms with Gasteiger partial charge in [-0.15, -0.1) is 6.58 Å². The summed E-state index contributed by atoms with van der Waals surface area (Å²) in [7, 11) is 0. The van der Waals surface area contributed by atoms with Crippen molar-refractivity contribution in [2.75, 3.05) is 18.1 Å². The molecule has 1 N–H and O–H groups in total. The number of thioether (sulfide) groups is 1. The fourth-order valence-corrected chi connectivity index (χ4v) is 2.90. The molecule has 0 aromatic heterocycles. The molecule has 0 bridgehead atoms. The Balaban J connectivity index is 2.10. The fraction of sp³-hybridized carbons (Fsp3) is 0.846. The minimum atomic E-state index is 0.762. The summed E-state index contributed by atoms with van der Waals surface area (Å²) < 4.78 is 0. The Hall–Kier alpha value is 0.0500. The lowest BCUT2D eigenvalue weighted by molar-refractivity contribution is 0.232. The van der Waals surface area contributed by atoms with Gasteiger partial charge >= 0.3 is 0 Å². The second-order valence-corrected chi connectivity index (χ2v) is 5.97. The second-order valence-electron chi connectivity index (χ2n) is 4.82. The van der Waals surface area contributed by atoms with Gasteiger partial charge in [-0.25, -0.2) is 0 Å². The highest BCUT2D eigenvalue weighted by Crippen LogP contribution is 2.28. The van der Waals surface area contributed by atoms with Crippen LogP contribution in [0.25, 0.3) is 0 Å². The van der Waals surface area contributed by atoms with Crippen LogP contribution in [0.3, 0.4) is 0 Å². The number of hydrogen-bond donors (Lipinski definition) is 1. The first-order valence-electron chi connectivity index (χ1n) is 6.16. The predicted octanol–water partition coefficient (Wildman–Crippen LogP) is 3.32. The van der Waals surface area contributed by atoms with E-state index in [-0.39, 0.29) is 0 Å². The fourth-order valence-electron chi connectivity index (χ4n) is 2.30. The third-order valence-electron chi connectivity index (χ3n) is 3.35. The highest BCUT2D eigenvalue weighted by molar-refractivity contribution is 7.99. The van der Waals surface area contributed by atoms with Gasteiger partial charge in [-0.1, -0.05) is 26.3 Å². The van der Waals surface area contributed by atoms with Crippen molar-refractivity contribution in [2.24, 2.45) is 11.8 Å². The normalized spacial score (nSPS) is 31.5. The highest BCUT2D eigenvalue weighted by atomic mass is 32.2. The molecule has 88 valence electrons. The van der Waals surface area contributed by atoms with Gasteiger partial charge in [-0.05, 0) is 24.7 Å². The molecule has 0 spiro atoms. The van der Waals surface area contributed by atoms with E-state index in [1.54, 1.807) is 0 Å². The molecule has 0 aromatic carbocycles. The van der Waals surface area contributed by atoms with E-state index in [2.05, 4.69) is 25.7 Å². The lowest BCUT2D eigenvalue weighted by Crippen LogP contribution is -2.40. The highest BCUT2D eigenvalue weighted by Gasteiger charge is 2.24. The Morgan fingerprint density at radius 2 is 2.20 bits per heavy atom. The first-order chi connectivity index (χ1) is 7.24. The van der Waals surface area contributed by atoms with Crippen LogP contribution in [-0.2, 0) is 0 Å². The van der Waals surface area contributed by atoms with E-state index < -0.39 is 0 Å². The van der Waals surface area contributed by atoms with E-state index in [9.17, 15) is 0 Å². The molecule has 0 saturated heterocycles. The van der Waals surface area contributed by atoms with Crippen molar-refractivity contribution in [2.45, 2.75) is 39.2 Å². The lowest BCUT2D eigenvalue weighted by Gasteiger charge is -2.33. The summed E-state index contributed by atoms with van der Waals surface area (Å²) in [6, 6.07) is 0.762. The molecule has 0 heterocycles.